The number of aliphatic imine (C=N–C) groups is 2. The lowest BCUT2D eigenvalue weighted by Crippen LogP contribution is -2.31. The number of rotatable bonds is 9. The van der Waals surface area contributed by atoms with E-state index in [1.54, 1.807) is 11.8 Å². The van der Waals surface area contributed by atoms with Gasteiger partial charge in [-0.1, -0.05) is 5.92 Å². The number of nitrogens with zero attached hydrogens (tertiary/aromatic N) is 2. The molecule has 8 nitrogen and oxygen atoms in total. The largest absolute Gasteiger partial charge is 0.464 e. The molecule has 3 unspecified atom stereocenters. The topological polar surface area (TPSA) is 108 Å². The average molecular weight is 448 g/mol. The fraction of sp³-hybridized carbons (Fsp3) is 0.600. The lowest BCUT2D eigenvalue weighted by Gasteiger charge is -2.15. The van der Waals surface area contributed by atoms with Crippen molar-refractivity contribution in [3.63, 3.8) is 0 Å². The zero-order valence-electron chi connectivity index (χ0n) is 16.5. The number of hydrogen-bond donors (Lipinski definition) is 3. The van der Waals surface area contributed by atoms with Gasteiger partial charge in [0.05, 0.1) is 18.8 Å². The van der Waals surface area contributed by atoms with Gasteiger partial charge in [0.1, 0.15) is 18.1 Å². The smallest absolute Gasteiger partial charge is 0.324 e. The minimum Gasteiger partial charge on any atom is -0.464 e. The Morgan fingerprint density at radius 1 is 1.20 bits per heavy atom. The summed E-state index contributed by atoms with van der Waals surface area (Å²) in [6, 6.07) is 4.79. The van der Waals surface area contributed by atoms with Crippen LogP contribution >= 0.6 is 11.8 Å². The van der Waals surface area contributed by atoms with Crippen LogP contribution in [0, 0.1) is 36.0 Å². The van der Waals surface area contributed by atoms with Crippen LogP contribution in [0.3, 0.4) is 0 Å². The number of nitrogens with one attached hydrogen (secondary N) is 3. The predicted octanol–water partition coefficient (Wildman–Crippen LogP) is 1.12. The van der Waals surface area contributed by atoms with Gasteiger partial charge in [-0.15, -0.1) is 6.42 Å². The molecule has 1 aromatic heterocycles. The number of terminal acetylenes is 1. The van der Waals surface area contributed by atoms with E-state index in [9.17, 15) is 8.42 Å². The fourth-order valence-electron chi connectivity index (χ4n) is 5.30. The molecule has 6 rings (SSSR count). The van der Waals surface area contributed by atoms with Gasteiger partial charge in [0.25, 0.3) is 0 Å². The van der Waals surface area contributed by atoms with Crippen LogP contribution in [0.5, 0.6) is 0 Å². The van der Waals surface area contributed by atoms with Crippen molar-refractivity contribution in [3.05, 3.63) is 23.7 Å². The van der Waals surface area contributed by atoms with Gasteiger partial charge in [0.15, 0.2) is 11.7 Å². The SMILES string of the molecule is C#CCN=C1NS(=O)(=O)NC1=NCCSCc1ccc(CNC2C3CC4C(C3)C42)o1. The van der Waals surface area contributed by atoms with Crippen LogP contribution in [0.4, 0.5) is 0 Å². The first-order valence-electron chi connectivity index (χ1n) is 10.3. The molecule has 30 heavy (non-hydrogen) atoms. The molecule has 4 aliphatic carbocycles. The van der Waals surface area contributed by atoms with Gasteiger partial charge in [0, 0.05) is 11.8 Å². The Kier molecular flexibility index (Phi) is 5.29. The molecule has 5 aliphatic rings. The molecular formula is C20H25N5O3S2. The minimum atomic E-state index is -3.63. The summed E-state index contributed by atoms with van der Waals surface area (Å²) in [5.41, 5.74) is 0. The zero-order valence-corrected chi connectivity index (χ0v) is 18.1. The molecule has 3 N–H and O–H groups in total. The summed E-state index contributed by atoms with van der Waals surface area (Å²) >= 11 is 1.69. The van der Waals surface area contributed by atoms with E-state index in [0.29, 0.717) is 12.6 Å². The summed E-state index contributed by atoms with van der Waals surface area (Å²) in [6.45, 7) is 1.36. The van der Waals surface area contributed by atoms with Crippen molar-refractivity contribution < 1.29 is 12.8 Å². The molecule has 3 atom stereocenters. The maximum Gasteiger partial charge on any atom is 0.324 e. The highest BCUT2D eigenvalue weighted by molar-refractivity contribution is 7.98. The van der Waals surface area contributed by atoms with Crippen LogP contribution in [0.2, 0.25) is 0 Å². The molecule has 1 saturated heterocycles. The van der Waals surface area contributed by atoms with Crippen molar-refractivity contribution in [2.24, 2.45) is 33.7 Å². The Morgan fingerprint density at radius 3 is 2.63 bits per heavy atom. The molecule has 0 radical (unpaired) electrons. The van der Waals surface area contributed by atoms with E-state index in [1.807, 2.05) is 6.07 Å². The van der Waals surface area contributed by atoms with Gasteiger partial charge in [0.2, 0.25) is 0 Å². The summed E-state index contributed by atoms with van der Waals surface area (Å²) < 4.78 is 33.8. The van der Waals surface area contributed by atoms with Crippen molar-refractivity contribution in [1.29, 1.82) is 0 Å². The highest BCUT2D eigenvalue weighted by Gasteiger charge is 2.68. The third-order valence-corrected chi connectivity index (χ3v) is 8.35. The summed E-state index contributed by atoms with van der Waals surface area (Å²) in [4.78, 5) is 8.29. The Hall–Kier alpha value is -1.96. The van der Waals surface area contributed by atoms with E-state index >= 15 is 0 Å². The maximum atomic E-state index is 11.6. The summed E-state index contributed by atoms with van der Waals surface area (Å²) in [5.74, 6) is 10.0. The van der Waals surface area contributed by atoms with Crippen molar-refractivity contribution in [2.45, 2.75) is 31.2 Å². The summed E-state index contributed by atoms with van der Waals surface area (Å²) in [6.07, 6.45) is 8.04. The normalized spacial score (nSPS) is 34.8. The lowest BCUT2D eigenvalue weighted by molar-refractivity contribution is 0.386. The van der Waals surface area contributed by atoms with Crippen molar-refractivity contribution in [1.82, 2.24) is 14.8 Å². The molecule has 4 saturated carbocycles. The molecule has 10 heteroatoms. The van der Waals surface area contributed by atoms with Gasteiger partial charge in [-0.3, -0.25) is 9.98 Å². The highest BCUT2D eigenvalue weighted by atomic mass is 32.2. The van der Waals surface area contributed by atoms with Gasteiger partial charge in [-0.05, 0) is 48.6 Å². The Labute approximate surface area is 181 Å². The number of furan rings is 1. The Bertz CT molecular complexity index is 1010. The second kappa shape index (κ2) is 7.94. The first-order chi connectivity index (χ1) is 14.5. The van der Waals surface area contributed by atoms with Gasteiger partial charge >= 0.3 is 10.2 Å². The molecule has 1 aliphatic heterocycles. The first kappa shape index (κ1) is 20.0. The van der Waals surface area contributed by atoms with E-state index in [2.05, 4.69) is 36.7 Å². The van der Waals surface area contributed by atoms with Crippen LogP contribution in [-0.2, 0) is 22.5 Å². The fourth-order valence-corrected chi connectivity index (χ4v) is 6.90. The van der Waals surface area contributed by atoms with E-state index in [0.717, 1.165) is 53.2 Å². The van der Waals surface area contributed by atoms with Crippen molar-refractivity contribution in [2.75, 3.05) is 18.8 Å². The third-order valence-electron chi connectivity index (χ3n) is 6.46. The van der Waals surface area contributed by atoms with Crippen LogP contribution in [0.25, 0.3) is 0 Å². The zero-order chi connectivity index (χ0) is 20.7. The van der Waals surface area contributed by atoms with E-state index in [1.165, 1.54) is 12.8 Å². The minimum absolute atomic E-state index is 0.0895. The predicted molar refractivity (Wildman–Crippen MR) is 117 cm³/mol. The van der Waals surface area contributed by atoms with Gasteiger partial charge in [-0.2, -0.15) is 20.2 Å². The van der Waals surface area contributed by atoms with E-state index in [-0.39, 0.29) is 18.2 Å². The van der Waals surface area contributed by atoms with Crippen LogP contribution in [0.15, 0.2) is 26.5 Å². The monoisotopic (exact) mass is 447 g/mol. The molecule has 0 spiro atoms. The van der Waals surface area contributed by atoms with Crippen LogP contribution in [-0.4, -0.2) is 45.0 Å². The molecule has 1 aromatic rings. The summed E-state index contributed by atoms with van der Waals surface area (Å²) in [7, 11) is -3.63. The van der Waals surface area contributed by atoms with Gasteiger partial charge in [-0.25, -0.2) is 9.44 Å². The first-order valence-corrected chi connectivity index (χ1v) is 12.9. The number of thioether (sulfide) groups is 1. The molecule has 2 heterocycles. The Morgan fingerprint density at radius 2 is 1.93 bits per heavy atom. The quantitative estimate of drug-likeness (QED) is 0.388. The van der Waals surface area contributed by atoms with E-state index < -0.39 is 10.2 Å². The maximum absolute atomic E-state index is 11.6. The molecule has 5 fully saturated rings. The number of hydrogen-bond acceptors (Lipinski definition) is 7. The van der Waals surface area contributed by atoms with E-state index in [4.69, 9.17) is 10.8 Å². The molecule has 160 valence electrons. The Balaban J connectivity index is 1.04. The molecular weight excluding hydrogens is 422 g/mol. The lowest BCUT2D eigenvalue weighted by atomic mass is 10.1. The van der Waals surface area contributed by atoms with Crippen molar-refractivity contribution in [3.8, 4) is 12.3 Å². The third kappa shape index (κ3) is 3.98. The second-order valence-electron chi connectivity index (χ2n) is 8.27. The van der Waals surface area contributed by atoms with Crippen molar-refractivity contribution >= 4 is 33.6 Å². The molecule has 0 amide bonds. The second-order valence-corrected chi connectivity index (χ2v) is 10.8. The molecule has 0 aromatic carbocycles. The number of amidine groups is 2. The van der Waals surface area contributed by atoms with Crippen LogP contribution in [0.1, 0.15) is 24.4 Å². The summed E-state index contributed by atoms with van der Waals surface area (Å²) in [5, 5.41) is 3.72. The molecule has 4 bridgehead atoms. The standard InChI is InChI=1S/C20H25N5O3S2/c1-2-5-21-19-20(25-30(26,27)24-19)22-6-7-29-11-14-4-3-13(28-14)10-23-18-12-8-15-16(9-12)17(15)18/h1,3-4,12,15-18,23H,5-11H2,(H,21,24)(H,22,25). The van der Waals surface area contributed by atoms with Gasteiger partial charge < -0.3 is 9.73 Å². The average Bonchev–Trinajstić information content (AvgIpc) is 3.29. The highest BCUT2D eigenvalue weighted by Crippen LogP contribution is 2.70. The van der Waals surface area contributed by atoms with Crippen LogP contribution < -0.4 is 14.8 Å².